The van der Waals surface area contributed by atoms with Gasteiger partial charge in [-0.25, -0.2) is 9.37 Å². The normalized spacial score (nSPS) is 10.0. The molecule has 0 atom stereocenters. The summed E-state index contributed by atoms with van der Waals surface area (Å²) >= 11 is 1.47. The van der Waals surface area contributed by atoms with Crippen molar-refractivity contribution < 1.29 is 4.39 Å². The highest BCUT2D eigenvalue weighted by atomic mass is 32.2. The SMILES string of the molecule is N#Cc1ccc(CSc2ccc(N)nc2)c(F)c1. The summed E-state index contributed by atoms with van der Waals surface area (Å²) in [5.74, 6) is 0.595. The number of aromatic nitrogens is 1. The third-order valence-electron chi connectivity index (χ3n) is 2.34. The van der Waals surface area contributed by atoms with Crippen LogP contribution >= 0.6 is 11.8 Å². The molecular weight excluding hydrogens is 249 g/mol. The van der Waals surface area contributed by atoms with Crippen LogP contribution in [0.15, 0.2) is 41.4 Å². The molecule has 0 spiro atoms. The van der Waals surface area contributed by atoms with E-state index < -0.39 is 0 Å². The highest BCUT2D eigenvalue weighted by molar-refractivity contribution is 7.98. The molecule has 1 aromatic carbocycles. The fraction of sp³-hybridized carbons (Fsp3) is 0.0769. The second kappa shape index (κ2) is 5.52. The predicted octanol–water partition coefficient (Wildman–Crippen LogP) is 2.97. The molecule has 2 N–H and O–H groups in total. The zero-order valence-corrected chi connectivity index (χ0v) is 10.2. The van der Waals surface area contributed by atoms with Crippen LogP contribution in [0.4, 0.5) is 10.2 Å². The van der Waals surface area contributed by atoms with Crippen LogP contribution in [0.5, 0.6) is 0 Å². The first-order valence-corrected chi connectivity index (χ1v) is 6.20. The molecule has 0 amide bonds. The van der Waals surface area contributed by atoms with E-state index in [4.69, 9.17) is 11.0 Å². The Hall–Kier alpha value is -2.06. The minimum Gasteiger partial charge on any atom is -0.384 e. The van der Waals surface area contributed by atoms with E-state index in [0.29, 0.717) is 22.7 Å². The maximum atomic E-state index is 13.6. The molecule has 90 valence electrons. The highest BCUT2D eigenvalue weighted by Crippen LogP contribution is 2.24. The van der Waals surface area contributed by atoms with Crippen molar-refractivity contribution in [1.29, 1.82) is 5.26 Å². The van der Waals surface area contributed by atoms with E-state index in [1.807, 2.05) is 12.1 Å². The molecule has 0 aliphatic heterocycles. The Kier molecular flexibility index (Phi) is 3.80. The number of pyridine rings is 1. The van der Waals surface area contributed by atoms with Crippen molar-refractivity contribution >= 4 is 17.6 Å². The van der Waals surface area contributed by atoms with Crippen LogP contribution in [0.25, 0.3) is 0 Å². The molecule has 0 unspecified atom stereocenters. The molecule has 2 rings (SSSR count). The number of anilines is 1. The molecule has 0 aliphatic rings. The highest BCUT2D eigenvalue weighted by Gasteiger charge is 2.04. The summed E-state index contributed by atoms with van der Waals surface area (Å²) in [6.45, 7) is 0. The number of nitriles is 1. The second-order valence-electron chi connectivity index (χ2n) is 3.63. The summed E-state index contributed by atoms with van der Waals surface area (Å²) in [6, 6.07) is 9.94. The predicted molar refractivity (Wildman–Crippen MR) is 69.3 cm³/mol. The van der Waals surface area contributed by atoms with Crippen molar-refractivity contribution in [2.45, 2.75) is 10.6 Å². The van der Waals surface area contributed by atoms with Gasteiger partial charge < -0.3 is 5.73 Å². The van der Waals surface area contributed by atoms with E-state index in [0.717, 1.165) is 4.90 Å². The standard InChI is InChI=1S/C13H10FN3S/c14-12-5-9(6-15)1-2-10(12)8-18-11-3-4-13(16)17-7-11/h1-5,7H,8H2,(H2,16,17). The van der Waals surface area contributed by atoms with Gasteiger partial charge >= 0.3 is 0 Å². The van der Waals surface area contributed by atoms with Crippen LogP contribution in [0.3, 0.4) is 0 Å². The Balaban J connectivity index is 2.06. The maximum absolute atomic E-state index is 13.6. The molecule has 2 aromatic rings. The van der Waals surface area contributed by atoms with Gasteiger partial charge in [-0.15, -0.1) is 11.8 Å². The molecule has 0 saturated heterocycles. The van der Waals surface area contributed by atoms with Gasteiger partial charge in [-0.05, 0) is 29.8 Å². The van der Waals surface area contributed by atoms with Gasteiger partial charge in [0.25, 0.3) is 0 Å². The monoisotopic (exact) mass is 259 g/mol. The van der Waals surface area contributed by atoms with E-state index in [1.165, 1.54) is 17.8 Å². The van der Waals surface area contributed by atoms with Gasteiger partial charge in [0.2, 0.25) is 0 Å². The van der Waals surface area contributed by atoms with Crippen molar-refractivity contribution in [1.82, 2.24) is 4.98 Å². The third-order valence-corrected chi connectivity index (χ3v) is 3.37. The van der Waals surface area contributed by atoms with E-state index in [1.54, 1.807) is 24.4 Å². The first-order valence-electron chi connectivity index (χ1n) is 5.22. The summed E-state index contributed by atoms with van der Waals surface area (Å²) < 4.78 is 13.6. The minimum atomic E-state index is -0.357. The molecule has 1 aromatic heterocycles. The van der Waals surface area contributed by atoms with Crippen molar-refractivity contribution in [3.05, 3.63) is 53.5 Å². The number of nitrogens with two attached hydrogens (primary N) is 1. The van der Waals surface area contributed by atoms with E-state index in [2.05, 4.69) is 4.98 Å². The van der Waals surface area contributed by atoms with Crippen LogP contribution in [-0.2, 0) is 5.75 Å². The molecule has 0 fully saturated rings. The quantitative estimate of drug-likeness (QED) is 0.861. The van der Waals surface area contributed by atoms with Gasteiger partial charge in [0.1, 0.15) is 11.6 Å². The number of hydrogen-bond acceptors (Lipinski definition) is 4. The molecule has 3 nitrogen and oxygen atoms in total. The molecule has 0 saturated carbocycles. The maximum Gasteiger partial charge on any atom is 0.128 e. The molecular formula is C13H10FN3S. The average molecular weight is 259 g/mol. The lowest BCUT2D eigenvalue weighted by Gasteiger charge is -2.03. The third kappa shape index (κ3) is 2.99. The molecule has 0 bridgehead atoms. The fourth-order valence-corrected chi connectivity index (χ4v) is 2.22. The fourth-order valence-electron chi connectivity index (χ4n) is 1.37. The molecule has 1 heterocycles. The van der Waals surface area contributed by atoms with Crippen LogP contribution in [0.2, 0.25) is 0 Å². The number of benzene rings is 1. The number of nitrogens with zero attached hydrogens (tertiary/aromatic N) is 2. The topological polar surface area (TPSA) is 62.7 Å². The molecule has 18 heavy (non-hydrogen) atoms. The summed E-state index contributed by atoms with van der Waals surface area (Å²) in [7, 11) is 0. The summed E-state index contributed by atoms with van der Waals surface area (Å²) in [5.41, 5.74) is 6.37. The second-order valence-corrected chi connectivity index (χ2v) is 4.67. The number of hydrogen-bond donors (Lipinski definition) is 1. The number of thioether (sulfide) groups is 1. The summed E-state index contributed by atoms with van der Waals surface area (Å²) in [4.78, 5) is 4.89. The lowest BCUT2D eigenvalue weighted by Crippen LogP contribution is -1.90. The zero-order chi connectivity index (χ0) is 13.0. The van der Waals surface area contributed by atoms with Gasteiger partial charge in [-0.2, -0.15) is 5.26 Å². The Morgan fingerprint density at radius 1 is 1.33 bits per heavy atom. The van der Waals surface area contributed by atoms with Crippen molar-refractivity contribution in [2.75, 3.05) is 5.73 Å². The van der Waals surface area contributed by atoms with E-state index in [-0.39, 0.29) is 5.82 Å². The smallest absolute Gasteiger partial charge is 0.128 e. The zero-order valence-electron chi connectivity index (χ0n) is 9.43. The first-order chi connectivity index (χ1) is 8.69. The number of nitrogen functional groups attached to an aromatic ring is 1. The van der Waals surface area contributed by atoms with Gasteiger partial charge in [0, 0.05) is 16.8 Å². The number of halogens is 1. The van der Waals surface area contributed by atoms with Crippen LogP contribution < -0.4 is 5.73 Å². The molecule has 5 heteroatoms. The lowest BCUT2D eigenvalue weighted by atomic mass is 10.1. The van der Waals surface area contributed by atoms with E-state index in [9.17, 15) is 4.39 Å². The Bertz CT molecular complexity index is 590. The van der Waals surface area contributed by atoms with Gasteiger partial charge in [-0.3, -0.25) is 0 Å². The average Bonchev–Trinajstić information content (AvgIpc) is 2.39. The lowest BCUT2D eigenvalue weighted by molar-refractivity contribution is 0.617. The van der Waals surface area contributed by atoms with Crippen molar-refractivity contribution in [3.63, 3.8) is 0 Å². The van der Waals surface area contributed by atoms with Crippen LogP contribution in [0.1, 0.15) is 11.1 Å². The van der Waals surface area contributed by atoms with Gasteiger partial charge in [-0.1, -0.05) is 6.07 Å². The van der Waals surface area contributed by atoms with Crippen molar-refractivity contribution in [2.24, 2.45) is 0 Å². The summed E-state index contributed by atoms with van der Waals surface area (Å²) in [6.07, 6.45) is 1.65. The first kappa shape index (κ1) is 12.4. The van der Waals surface area contributed by atoms with Crippen molar-refractivity contribution in [3.8, 4) is 6.07 Å². The Morgan fingerprint density at radius 2 is 2.17 bits per heavy atom. The van der Waals surface area contributed by atoms with Crippen LogP contribution in [0, 0.1) is 17.1 Å². The van der Waals surface area contributed by atoms with Crippen LogP contribution in [-0.4, -0.2) is 4.98 Å². The van der Waals surface area contributed by atoms with Gasteiger partial charge in [0.05, 0.1) is 11.6 Å². The Morgan fingerprint density at radius 3 is 2.78 bits per heavy atom. The van der Waals surface area contributed by atoms with E-state index >= 15 is 0 Å². The minimum absolute atomic E-state index is 0.329. The number of rotatable bonds is 3. The largest absolute Gasteiger partial charge is 0.384 e. The Labute approximate surface area is 108 Å². The molecule has 0 aliphatic carbocycles. The molecule has 0 radical (unpaired) electrons. The van der Waals surface area contributed by atoms with Gasteiger partial charge in [0.15, 0.2) is 0 Å². The summed E-state index contributed by atoms with van der Waals surface area (Å²) in [5, 5.41) is 8.64.